The van der Waals surface area contributed by atoms with E-state index in [1.54, 1.807) is 0 Å². The van der Waals surface area contributed by atoms with Gasteiger partial charge in [0.25, 0.3) is 0 Å². The van der Waals surface area contributed by atoms with Crippen LogP contribution in [0.25, 0.3) is 0 Å². The van der Waals surface area contributed by atoms with E-state index in [-0.39, 0.29) is 49.2 Å². The largest absolute Gasteiger partial charge is 2.00 e. The number of carboxylic acid groups (broad SMARTS) is 2. The molecule has 0 aromatic rings. The zero-order valence-corrected chi connectivity index (χ0v) is 32.4. The van der Waals surface area contributed by atoms with Crippen LogP contribution in [-0.2, 0) is 29.6 Å². The summed E-state index contributed by atoms with van der Waals surface area (Å²) in [5.74, 6) is -2.81. The van der Waals surface area contributed by atoms with E-state index in [1.807, 2.05) is 9.44 Å². The van der Waals surface area contributed by atoms with E-state index < -0.39 is 45.1 Å². The van der Waals surface area contributed by atoms with Gasteiger partial charge in [-0.1, -0.05) is 155 Å². The number of hydrogen-bond acceptors (Lipinski definition) is 8. The fourth-order valence-corrected chi connectivity index (χ4v) is 6.88. The molecule has 0 saturated carbocycles. The van der Waals surface area contributed by atoms with Crippen molar-refractivity contribution in [1.82, 2.24) is 9.44 Å². The molecular weight excluding hydrogens is 645 g/mol. The van der Waals surface area contributed by atoms with Gasteiger partial charge in [0.05, 0.1) is 36.5 Å². The average molecular weight is 709 g/mol. The topological polar surface area (TPSA) is 173 Å². The zero-order valence-electron chi connectivity index (χ0n) is 28.6. The van der Waals surface area contributed by atoms with Gasteiger partial charge < -0.3 is 19.8 Å². The number of unbranched alkanes of at least 4 members (excludes halogenated alkanes) is 22. The SMILES string of the molecule is CCCCCCCCCCCCCCS(=O)(=O)NCC(=O)[O-].CCCCCCCCCCCCCCS(=O)(=O)NCC(=O)[O-].[Ca+2]. The van der Waals surface area contributed by atoms with Gasteiger partial charge in [-0.25, -0.2) is 26.3 Å². The van der Waals surface area contributed by atoms with Crippen LogP contribution in [0.2, 0.25) is 0 Å². The number of hydrogen-bond donors (Lipinski definition) is 2. The number of carbonyl (C=O) groups is 2. The molecule has 0 aliphatic carbocycles. The molecule has 0 radical (unpaired) electrons. The first-order valence-electron chi connectivity index (χ1n) is 17.3. The van der Waals surface area contributed by atoms with E-state index in [4.69, 9.17) is 0 Å². The molecule has 0 bridgehead atoms. The van der Waals surface area contributed by atoms with Crippen LogP contribution in [-0.4, -0.2) is 91.1 Å². The van der Waals surface area contributed by atoms with Crippen molar-refractivity contribution in [3.8, 4) is 0 Å². The maximum Gasteiger partial charge on any atom is 2.00 e. The van der Waals surface area contributed by atoms with Crippen molar-refractivity contribution in [2.24, 2.45) is 0 Å². The average Bonchev–Trinajstić information content (AvgIpc) is 2.96. The minimum atomic E-state index is -3.46. The summed E-state index contributed by atoms with van der Waals surface area (Å²) in [6.07, 6.45) is 28.3. The molecule has 0 heterocycles. The fraction of sp³-hybridized carbons (Fsp3) is 0.938. The standard InChI is InChI=1S/2C16H33NO4S.Ca/c2*1-2-3-4-5-6-7-8-9-10-11-12-13-14-22(20,21)17-15-16(18)19;/h2*17H,2-15H2,1H3,(H,18,19);/q;;+2/p-2. The van der Waals surface area contributed by atoms with Gasteiger partial charge in [0, 0.05) is 0 Å². The molecule has 0 aromatic carbocycles. The Bertz CT molecular complexity index is 816. The van der Waals surface area contributed by atoms with Crippen LogP contribution in [0.15, 0.2) is 0 Å². The number of sulfonamides is 2. The minimum Gasteiger partial charge on any atom is -0.549 e. The Labute approximate surface area is 306 Å². The number of carbonyl (C=O) groups excluding carboxylic acids is 2. The first kappa shape index (κ1) is 49.4. The summed E-state index contributed by atoms with van der Waals surface area (Å²) >= 11 is 0. The predicted molar refractivity (Wildman–Crippen MR) is 182 cm³/mol. The summed E-state index contributed by atoms with van der Waals surface area (Å²) in [5.41, 5.74) is 0. The summed E-state index contributed by atoms with van der Waals surface area (Å²) < 4.78 is 49.7. The van der Waals surface area contributed by atoms with Gasteiger partial charge in [0.1, 0.15) is 0 Å². The molecule has 264 valence electrons. The maximum absolute atomic E-state index is 11.4. The third-order valence-electron chi connectivity index (χ3n) is 7.41. The van der Waals surface area contributed by atoms with Crippen molar-refractivity contribution in [1.29, 1.82) is 0 Å². The summed E-state index contributed by atoms with van der Waals surface area (Å²) in [6, 6.07) is 0. The fourth-order valence-electron chi connectivity index (χ4n) is 4.75. The van der Waals surface area contributed by atoms with Gasteiger partial charge >= 0.3 is 37.7 Å². The molecule has 45 heavy (non-hydrogen) atoms. The smallest absolute Gasteiger partial charge is 0.549 e. The van der Waals surface area contributed by atoms with Crippen molar-refractivity contribution in [2.75, 3.05) is 24.6 Å². The van der Waals surface area contributed by atoms with E-state index in [1.165, 1.54) is 103 Å². The summed E-state index contributed by atoms with van der Waals surface area (Å²) in [7, 11) is -6.92. The Hall–Kier alpha value is 0.0197. The Morgan fingerprint density at radius 2 is 0.622 bits per heavy atom. The van der Waals surface area contributed by atoms with Crippen LogP contribution in [0.1, 0.15) is 168 Å². The zero-order chi connectivity index (χ0) is 33.4. The molecule has 13 heteroatoms. The summed E-state index contributed by atoms with van der Waals surface area (Å²) in [4.78, 5) is 20.4. The van der Waals surface area contributed by atoms with Crippen LogP contribution < -0.4 is 19.7 Å². The van der Waals surface area contributed by atoms with Crippen molar-refractivity contribution in [3.63, 3.8) is 0 Å². The molecule has 0 saturated heterocycles. The maximum atomic E-state index is 11.4. The van der Waals surface area contributed by atoms with E-state index in [0.717, 1.165) is 38.5 Å². The van der Waals surface area contributed by atoms with E-state index in [0.29, 0.717) is 12.8 Å². The van der Waals surface area contributed by atoms with Crippen LogP contribution in [0.5, 0.6) is 0 Å². The molecule has 0 fully saturated rings. The van der Waals surface area contributed by atoms with E-state index >= 15 is 0 Å². The van der Waals surface area contributed by atoms with Crippen LogP contribution in [0.4, 0.5) is 0 Å². The molecular formula is C32H64CaN2O8S2. The molecule has 0 unspecified atom stereocenters. The summed E-state index contributed by atoms with van der Waals surface area (Å²) in [5, 5.41) is 20.4. The second kappa shape index (κ2) is 35.3. The molecule has 0 aliphatic rings. The molecule has 0 atom stereocenters. The van der Waals surface area contributed by atoms with Gasteiger partial charge in [0.15, 0.2) is 0 Å². The van der Waals surface area contributed by atoms with Crippen molar-refractivity contribution < 1.29 is 36.6 Å². The van der Waals surface area contributed by atoms with Gasteiger partial charge in [-0.2, -0.15) is 0 Å². The molecule has 0 spiro atoms. The van der Waals surface area contributed by atoms with Crippen molar-refractivity contribution >= 4 is 69.7 Å². The number of rotatable bonds is 32. The van der Waals surface area contributed by atoms with Crippen molar-refractivity contribution in [2.45, 2.75) is 168 Å². The second-order valence-electron chi connectivity index (χ2n) is 11.8. The Balaban J connectivity index is -0.000000767. The molecule has 0 rings (SSSR count). The van der Waals surface area contributed by atoms with E-state index in [9.17, 15) is 36.6 Å². The third kappa shape index (κ3) is 44.0. The normalized spacial score (nSPS) is 11.4. The van der Waals surface area contributed by atoms with Crippen LogP contribution in [0, 0.1) is 0 Å². The van der Waals surface area contributed by atoms with Crippen molar-refractivity contribution in [3.05, 3.63) is 0 Å². The quantitative estimate of drug-likeness (QED) is 0.0768. The monoisotopic (exact) mass is 708 g/mol. The molecule has 10 nitrogen and oxygen atoms in total. The van der Waals surface area contributed by atoms with Gasteiger partial charge in [-0.3, -0.25) is 0 Å². The van der Waals surface area contributed by atoms with Crippen LogP contribution in [0.3, 0.4) is 0 Å². The molecule has 2 N–H and O–H groups in total. The number of aliphatic carboxylic acids is 2. The molecule has 0 amide bonds. The van der Waals surface area contributed by atoms with Gasteiger partial charge in [0.2, 0.25) is 20.0 Å². The third-order valence-corrected chi connectivity index (χ3v) is 10.2. The first-order chi connectivity index (χ1) is 21.0. The minimum absolute atomic E-state index is 0. The second-order valence-corrected chi connectivity index (χ2v) is 15.7. The Kier molecular flexibility index (Phi) is 38.8. The summed E-state index contributed by atoms with van der Waals surface area (Å²) in [6.45, 7) is 3.18. The first-order valence-corrected chi connectivity index (χ1v) is 20.6. The number of nitrogens with one attached hydrogen (secondary N) is 2. The molecule has 0 aliphatic heterocycles. The van der Waals surface area contributed by atoms with Gasteiger partial charge in [-0.15, -0.1) is 0 Å². The Morgan fingerprint density at radius 1 is 0.422 bits per heavy atom. The van der Waals surface area contributed by atoms with Crippen LogP contribution >= 0.6 is 0 Å². The van der Waals surface area contributed by atoms with E-state index in [2.05, 4.69) is 13.8 Å². The number of carboxylic acids is 2. The van der Waals surface area contributed by atoms with Gasteiger partial charge in [-0.05, 0) is 12.8 Å². The predicted octanol–water partition coefficient (Wildman–Crippen LogP) is 4.33. The Morgan fingerprint density at radius 3 is 0.822 bits per heavy atom. The molecule has 0 aromatic heterocycles.